The minimum Gasteiger partial charge on any atom is -0.480 e. The summed E-state index contributed by atoms with van der Waals surface area (Å²) in [4.78, 5) is 22.5. The fourth-order valence-corrected chi connectivity index (χ4v) is 1.77. The fraction of sp³-hybridized carbons (Fsp3) is 0.429. The Bertz CT molecular complexity index is 491. The van der Waals surface area contributed by atoms with Crippen molar-refractivity contribution in [2.75, 3.05) is 0 Å². The topological polar surface area (TPSA) is 66.4 Å². The summed E-state index contributed by atoms with van der Waals surface area (Å²) in [5.41, 5.74) is 0.487. The number of carboxylic acids is 1. The number of halogens is 2. The Morgan fingerprint density at radius 1 is 1.30 bits per heavy atom. The summed E-state index contributed by atoms with van der Waals surface area (Å²) in [5.74, 6) is -3.40. The van der Waals surface area contributed by atoms with Crippen LogP contribution in [-0.2, 0) is 16.0 Å². The average molecular weight is 285 g/mol. The Labute approximate surface area is 115 Å². The molecule has 4 nitrogen and oxygen atoms in total. The molecule has 6 heteroatoms. The van der Waals surface area contributed by atoms with E-state index in [2.05, 4.69) is 5.32 Å². The van der Waals surface area contributed by atoms with E-state index >= 15 is 0 Å². The molecule has 0 unspecified atom stereocenters. The van der Waals surface area contributed by atoms with E-state index in [1.54, 1.807) is 0 Å². The van der Waals surface area contributed by atoms with Crippen LogP contribution < -0.4 is 5.32 Å². The van der Waals surface area contributed by atoms with Crippen molar-refractivity contribution in [2.45, 2.75) is 38.6 Å². The maximum atomic E-state index is 13.0. The fourth-order valence-electron chi connectivity index (χ4n) is 1.77. The van der Waals surface area contributed by atoms with Gasteiger partial charge in [0.15, 0.2) is 11.6 Å². The van der Waals surface area contributed by atoms with Crippen molar-refractivity contribution in [1.29, 1.82) is 0 Å². The van der Waals surface area contributed by atoms with Crippen molar-refractivity contribution in [3.8, 4) is 0 Å². The molecule has 0 saturated carbocycles. The van der Waals surface area contributed by atoms with E-state index in [1.807, 2.05) is 6.92 Å². The van der Waals surface area contributed by atoms with E-state index in [4.69, 9.17) is 5.11 Å². The van der Waals surface area contributed by atoms with Gasteiger partial charge in [-0.2, -0.15) is 0 Å². The number of benzene rings is 1. The number of aryl methyl sites for hydroxylation is 1. The second-order valence-electron chi connectivity index (χ2n) is 4.50. The van der Waals surface area contributed by atoms with Gasteiger partial charge in [0, 0.05) is 6.42 Å². The van der Waals surface area contributed by atoms with Crippen LogP contribution in [0.5, 0.6) is 0 Å². The molecule has 1 atom stereocenters. The number of aliphatic carboxylic acids is 1. The van der Waals surface area contributed by atoms with E-state index in [-0.39, 0.29) is 12.8 Å². The first kappa shape index (κ1) is 16.1. The molecule has 1 amide bonds. The average Bonchev–Trinajstić information content (AvgIpc) is 2.39. The van der Waals surface area contributed by atoms with Crippen molar-refractivity contribution < 1.29 is 23.5 Å². The quantitative estimate of drug-likeness (QED) is 0.807. The summed E-state index contributed by atoms with van der Waals surface area (Å²) >= 11 is 0. The molecule has 20 heavy (non-hydrogen) atoms. The van der Waals surface area contributed by atoms with E-state index in [1.165, 1.54) is 6.07 Å². The van der Waals surface area contributed by atoms with Gasteiger partial charge in [-0.25, -0.2) is 13.6 Å². The third kappa shape index (κ3) is 4.95. The number of carboxylic acid groups (broad SMARTS) is 1. The zero-order valence-corrected chi connectivity index (χ0v) is 11.2. The summed E-state index contributed by atoms with van der Waals surface area (Å²) < 4.78 is 25.7. The van der Waals surface area contributed by atoms with Crippen molar-refractivity contribution in [3.63, 3.8) is 0 Å². The molecular weight excluding hydrogens is 268 g/mol. The number of carbonyl (C=O) groups is 2. The highest BCUT2D eigenvalue weighted by atomic mass is 19.2. The van der Waals surface area contributed by atoms with Gasteiger partial charge in [0.1, 0.15) is 6.04 Å². The Balaban J connectivity index is 2.50. The Hall–Kier alpha value is -1.98. The van der Waals surface area contributed by atoms with E-state index in [0.717, 1.165) is 12.1 Å². The highest BCUT2D eigenvalue weighted by molar-refractivity contribution is 5.83. The van der Waals surface area contributed by atoms with Crippen LogP contribution in [0.15, 0.2) is 18.2 Å². The van der Waals surface area contributed by atoms with Gasteiger partial charge in [0.2, 0.25) is 5.91 Å². The van der Waals surface area contributed by atoms with Crippen LogP contribution in [0.25, 0.3) is 0 Å². The Kier molecular flexibility index (Phi) is 6.09. The molecule has 110 valence electrons. The van der Waals surface area contributed by atoms with Crippen LogP contribution in [0.4, 0.5) is 8.78 Å². The monoisotopic (exact) mass is 285 g/mol. The van der Waals surface area contributed by atoms with Gasteiger partial charge in [0.25, 0.3) is 0 Å². The minimum absolute atomic E-state index is 0.0264. The summed E-state index contributed by atoms with van der Waals surface area (Å²) in [6.07, 6.45) is 1.24. The Morgan fingerprint density at radius 3 is 2.55 bits per heavy atom. The number of amides is 1. The van der Waals surface area contributed by atoms with Crippen molar-refractivity contribution in [2.24, 2.45) is 0 Å². The van der Waals surface area contributed by atoms with Crippen LogP contribution in [0.3, 0.4) is 0 Å². The standard InChI is InChI=1S/C14H17F2NO3/c1-2-3-12(14(19)20)17-13(18)7-5-9-4-6-10(15)11(16)8-9/h4,6,8,12H,2-3,5,7H2,1H3,(H,17,18)(H,19,20)/t12-/m0/s1. The summed E-state index contributed by atoms with van der Waals surface area (Å²) in [6.45, 7) is 1.82. The molecule has 0 radical (unpaired) electrons. The largest absolute Gasteiger partial charge is 0.480 e. The van der Waals surface area contributed by atoms with Gasteiger partial charge in [-0.3, -0.25) is 4.79 Å². The van der Waals surface area contributed by atoms with E-state index < -0.39 is 29.6 Å². The first-order chi connectivity index (χ1) is 9.43. The zero-order chi connectivity index (χ0) is 15.1. The minimum atomic E-state index is -1.08. The van der Waals surface area contributed by atoms with E-state index in [9.17, 15) is 18.4 Å². The van der Waals surface area contributed by atoms with Gasteiger partial charge in [0.05, 0.1) is 0 Å². The van der Waals surface area contributed by atoms with Gasteiger partial charge >= 0.3 is 5.97 Å². The normalized spacial score (nSPS) is 11.9. The molecule has 0 aliphatic rings. The zero-order valence-electron chi connectivity index (χ0n) is 11.2. The molecule has 0 fully saturated rings. The van der Waals surface area contributed by atoms with Crippen molar-refractivity contribution in [1.82, 2.24) is 5.32 Å². The smallest absolute Gasteiger partial charge is 0.326 e. The molecule has 0 aromatic heterocycles. The predicted octanol–water partition coefficient (Wildman–Crippen LogP) is 2.27. The lowest BCUT2D eigenvalue weighted by atomic mass is 10.1. The maximum Gasteiger partial charge on any atom is 0.326 e. The predicted molar refractivity (Wildman–Crippen MR) is 69.2 cm³/mol. The van der Waals surface area contributed by atoms with E-state index in [0.29, 0.717) is 18.4 Å². The SMILES string of the molecule is CCC[C@H](NC(=O)CCc1ccc(F)c(F)c1)C(=O)O. The first-order valence-corrected chi connectivity index (χ1v) is 6.40. The third-order valence-corrected chi connectivity index (χ3v) is 2.84. The summed E-state index contributed by atoms with van der Waals surface area (Å²) in [6, 6.07) is 2.52. The highest BCUT2D eigenvalue weighted by Gasteiger charge is 2.18. The molecule has 0 aliphatic carbocycles. The van der Waals surface area contributed by atoms with Crippen molar-refractivity contribution >= 4 is 11.9 Å². The molecule has 0 spiro atoms. The number of carbonyl (C=O) groups excluding carboxylic acids is 1. The lowest BCUT2D eigenvalue weighted by Gasteiger charge is -2.13. The second-order valence-corrected chi connectivity index (χ2v) is 4.50. The maximum absolute atomic E-state index is 13.0. The van der Waals surface area contributed by atoms with Crippen LogP contribution in [-0.4, -0.2) is 23.0 Å². The second kappa shape index (κ2) is 7.57. The van der Waals surface area contributed by atoms with Crippen LogP contribution in [0.1, 0.15) is 31.7 Å². The molecule has 0 saturated heterocycles. The molecule has 0 bridgehead atoms. The number of hydrogen-bond donors (Lipinski definition) is 2. The number of nitrogens with one attached hydrogen (secondary N) is 1. The first-order valence-electron chi connectivity index (χ1n) is 6.40. The molecular formula is C14H17F2NO3. The molecule has 2 N–H and O–H groups in total. The van der Waals surface area contributed by atoms with Gasteiger partial charge in [-0.05, 0) is 30.5 Å². The molecule has 0 aliphatic heterocycles. The van der Waals surface area contributed by atoms with Gasteiger partial charge in [-0.1, -0.05) is 19.4 Å². The summed E-state index contributed by atoms with van der Waals surface area (Å²) in [5, 5.41) is 11.3. The molecule has 1 rings (SSSR count). The lowest BCUT2D eigenvalue weighted by Crippen LogP contribution is -2.40. The highest BCUT2D eigenvalue weighted by Crippen LogP contribution is 2.10. The number of hydrogen-bond acceptors (Lipinski definition) is 2. The number of rotatable bonds is 7. The van der Waals surface area contributed by atoms with Crippen molar-refractivity contribution in [3.05, 3.63) is 35.4 Å². The van der Waals surface area contributed by atoms with Gasteiger partial charge < -0.3 is 10.4 Å². The van der Waals surface area contributed by atoms with Crippen LogP contribution in [0, 0.1) is 11.6 Å². The molecule has 0 heterocycles. The third-order valence-electron chi connectivity index (χ3n) is 2.84. The lowest BCUT2D eigenvalue weighted by molar-refractivity contribution is -0.142. The van der Waals surface area contributed by atoms with Gasteiger partial charge in [-0.15, -0.1) is 0 Å². The van der Waals surface area contributed by atoms with Crippen LogP contribution in [0.2, 0.25) is 0 Å². The Morgan fingerprint density at radius 2 is 2.00 bits per heavy atom. The summed E-state index contributed by atoms with van der Waals surface area (Å²) in [7, 11) is 0. The van der Waals surface area contributed by atoms with Crippen LogP contribution >= 0.6 is 0 Å². The molecule has 1 aromatic rings. The molecule has 1 aromatic carbocycles.